The first-order valence-electron chi connectivity index (χ1n) is 6.27. The number of fused-ring (bicyclic) bond motifs is 1. The lowest BCUT2D eigenvalue weighted by atomic mass is 10.0. The van der Waals surface area contributed by atoms with Crippen LogP contribution >= 0.6 is 15.9 Å². The van der Waals surface area contributed by atoms with Gasteiger partial charge in [-0.2, -0.15) is 0 Å². The van der Waals surface area contributed by atoms with Crippen molar-refractivity contribution in [1.82, 2.24) is 14.9 Å². The molecule has 0 amide bonds. The van der Waals surface area contributed by atoms with Gasteiger partial charge in [-0.25, -0.2) is 9.97 Å². The molecular weight excluding hydrogens is 304 g/mol. The Bertz CT molecular complexity index is 582. The summed E-state index contributed by atoms with van der Waals surface area (Å²) in [4.78, 5) is 10.8. The Hall–Kier alpha value is -1.46. The third-order valence-electron chi connectivity index (χ3n) is 3.44. The fraction of sp³-hybridized carbons (Fsp3) is 0.286. The van der Waals surface area contributed by atoms with Crippen LogP contribution in [0.25, 0.3) is 0 Å². The molecule has 0 fully saturated rings. The molecule has 1 aliphatic rings. The Morgan fingerprint density at radius 2 is 2.00 bits per heavy atom. The molecule has 19 heavy (non-hydrogen) atoms. The first-order valence-corrected chi connectivity index (χ1v) is 7.06. The van der Waals surface area contributed by atoms with Crippen LogP contribution in [0.15, 0.2) is 35.1 Å². The zero-order valence-electron chi connectivity index (χ0n) is 10.5. The Labute approximate surface area is 120 Å². The highest BCUT2D eigenvalue weighted by Crippen LogP contribution is 2.22. The van der Waals surface area contributed by atoms with Crippen molar-refractivity contribution in [2.24, 2.45) is 0 Å². The van der Waals surface area contributed by atoms with E-state index in [-0.39, 0.29) is 0 Å². The van der Waals surface area contributed by atoms with Crippen LogP contribution in [0.4, 0.5) is 5.82 Å². The van der Waals surface area contributed by atoms with E-state index >= 15 is 0 Å². The average molecular weight is 319 g/mol. The highest BCUT2D eigenvalue weighted by atomic mass is 79.9. The van der Waals surface area contributed by atoms with Crippen LogP contribution < -0.4 is 5.73 Å². The molecule has 0 radical (unpaired) electrons. The topological polar surface area (TPSA) is 55.0 Å². The number of benzene rings is 1. The summed E-state index contributed by atoms with van der Waals surface area (Å²) in [5.74, 6) is 0.633. The van der Waals surface area contributed by atoms with Crippen molar-refractivity contribution in [3.05, 3.63) is 51.9 Å². The summed E-state index contributed by atoms with van der Waals surface area (Å²) in [5.41, 5.74) is 9.38. The van der Waals surface area contributed by atoms with Crippen molar-refractivity contribution in [1.29, 1.82) is 0 Å². The molecule has 0 saturated heterocycles. The third kappa shape index (κ3) is 2.77. The Balaban J connectivity index is 1.74. The van der Waals surface area contributed by atoms with Crippen LogP contribution in [0.1, 0.15) is 16.8 Å². The van der Waals surface area contributed by atoms with Gasteiger partial charge in [0.05, 0.1) is 5.69 Å². The van der Waals surface area contributed by atoms with E-state index in [4.69, 9.17) is 5.73 Å². The van der Waals surface area contributed by atoms with Gasteiger partial charge < -0.3 is 5.73 Å². The van der Waals surface area contributed by atoms with Crippen molar-refractivity contribution < 1.29 is 0 Å². The van der Waals surface area contributed by atoms with Gasteiger partial charge in [0.1, 0.15) is 12.1 Å². The molecule has 2 N–H and O–H groups in total. The minimum atomic E-state index is 0.633. The maximum absolute atomic E-state index is 5.88. The number of nitrogens with two attached hydrogens (primary N) is 1. The van der Waals surface area contributed by atoms with Gasteiger partial charge in [-0.1, -0.05) is 28.1 Å². The van der Waals surface area contributed by atoms with Crippen molar-refractivity contribution in [3.63, 3.8) is 0 Å². The van der Waals surface area contributed by atoms with Crippen molar-refractivity contribution in [3.8, 4) is 0 Å². The van der Waals surface area contributed by atoms with Gasteiger partial charge in [-0.05, 0) is 24.1 Å². The molecule has 1 aliphatic heterocycles. The minimum absolute atomic E-state index is 0.633. The summed E-state index contributed by atoms with van der Waals surface area (Å²) >= 11 is 3.46. The van der Waals surface area contributed by atoms with Gasteiger partial charge in [0.2, 0.25) is 0 Å². The van der Waals surface area contributed by atoms with Crippen LogP contribution in [0.5, 0.6) is 0 Å². The minimum Gasteiger partial charge on any atom is -0.383 e. The second-order valence-electron chi connectivity index (χ2n) is 4.77. The van der Waals surface area contributed by atoms with Gasteiger partial charge in [-0.15, -0.1) is 0 Å². The second kappa shape index (κ2) is 5.27. The zero-order valence-corrected chi connectivity index (χ0v) is 12.1. The fourth-order valence-electron chi connectivity index (χ4n) is 2.42. The molecule has 4 nitrogen and oxygen atoms in total. The highest BCUT2D eigenvalue weighted by molar-refractivity contribution is 9.10. The third-order valence-corrected chi connectivity index (χ3v) is 3.97. The molecular formula is C14H15BrN4. The number of halogens is 1. The SMILES string of the molecule is Nc1ncnc2c1CCN(Cc1ccc(Br)cc1)C2. The van der Waals surface area contributed by atoms with Crippen LogP contribution in [-0.2, 0) is 19.5 Å². The van der Waals surface area contributed by atoms with Crippen molar-refractivity contribution >= 4 is 21.7 Å². The number of nitrogen functional groups attached to an aromatic ring is 1. The molecule has 2 aromatic rings. The summed E-state index contributed by atoms with van der Waals surface area (Å²) in [6, 6.07) is 8.45. The van der Waals surface area contributed by atoms with Gasteiger partial charge in [-0.3, -0.25) is 4.90 Å². The Morgan fingerprint density at radius 1 is 1.21 bits per heavy atom. The van der Waals surface area contributed by atoms with Crippen LogP contribution in [0.2, 0.25) is 0 Å². The molecule has 0 atom stereocenters. The van der Waals surface area contributed by atoms with E-state index in [9.17, 15) is 0 Å². The number of aromatic nitrogens is 2. The molecule has 0 unspecified atom stereocenters. The summed E-state index contributed by atoms with van der Waals surface area (Å²) in [6.45, 7) is 2.79. The molecule has 1 aromatic heterocycles. The average Bonchev–Trinajstić information content (AvgIpc) is 2.42. The molecule has 3 rings (SSSR count). The van der Waals surface area contributed by atoms with E-state index < -0.39 is 0 Å². The van der Waals surface area contributed by atoms with Crippen LogP contribution in [0, 0.1) is 0 Å². The first-order chi connectivity index (χ1) is 9.22. The largest absolute Gasteiger partial charge is 0.383 e. The van der Waals surface area contributed by atoms with Gasteiger partial charge in [0.15, 0.2) is 0 Å². The lowest BCUT2D eigenvalue weighted by Gasteiger charge is -2.28. The number of nitrogens with zero attached hydrogens (tertiary/aromatic N) is 3. The maximum Gasteiger partial charge on any atom is 0.130 e. The predicted octanol–water partition coefficient (Wildman–Crippen LogP) is 2.38. The summed E-state index contributed by atoms with van der Waals surface area (Å²) in [5, 5.41) is 0. The van der Waals surface area contributed by atoms with E-state index in [0.29, 0.717) is 5.82 Å². The maximum atomic E-state index is 5.88. The van der Waals surface area contributed by atoms with Crippen LogP contribution in [0.3, 0.4) is 0 Å². The van der Waals surface area contributed by atoms with Crippen molar-refractivity contribution in [2.75, 3.05) is 12.3 Å². The quantitative estimate of drug-likeness (QED) is 0.923. The summed E-state index contributed by atoms with van der Waals surface area (Å²) in [6.07, 6.45) is 2.48. The summed E-state index contributed by atoms with van der Waals surface area (Å²) in [7, 11) is 0. The lowest BCUT2D eigenvalue weighted by molar-refractivity contribution is 0.241. The molecule has 5 heteroatoms. The number of rotatable bonds is 2. The lowest BCUT2D eigenvalue weighted by Crippen LogP contribution is -2.31. The monoisotopic (exact) mass is 318 g/mol. The Kier molecular flexibility index (Phi) is 3.48. The predicted molar refractivity (Wildman–Crippen MR) is 78.4 cm³/mol. The fourth-order valence-corrected chi connectivity index (χ4v) is 2.68. The van der Waals surface area contributed by atoms with E-state index in [1.807, 2.05) is 0 Å². The molecule has 0 saturated carbocycles. The number of anilines is 1. The summed E-state index contributed by atoms with van der Waals surface area (Å²) < 4.78 is 1.11. The highest BCUT2D eigenvalue weighted by Gasteiger charge is 2.19. The van der Waals surface area contributed by atoms with E-state index in [1.54, 1.807) is 6.33 Å². The van der Waals surface area contributed by atoms with Crippen molar-refractivity contribution in [2.45, 2.75) is 19.5 Å². The first kappa shape index (κ1) is 12.6. The molecule has 0 spiro atoms. The van der Waals surface area contributed by atoms with E-state index in [2.05, 4.69) is 55.1 Å². The van der Waals surface area contributed by atoms with Gasteiger partial charge >= 0.3 is 0 Å². The molecule has 98 valence electrons. The molecule has 2 heterocycles. The second-order valence-corrected chi connectivity index (χ2v) is 5.69. The Morgan fingerprint density at radius 3 is 2.79 bits per heavy atom. The molecule has 0 aliphatic carbocycles. The zero-order chi connectivity index (χ0) is 13.2. The van der Waals surface area contributed by atoms with Gasteiger partial charge in [0.25, 0.3) is 0 Å². The molecule has 0 bridgehead atoms. The smallest absolute Gasteiger partial charge is 0.130 e. The van der Waals surface area contributed by atoms with Crippen LogP contribution in [-0.4, -0.2) is 21.4 Å². The molecule has 1 aromatic carbocycles. The standard InChI is InChI=1S/C14H15BrN4/c15-11-3-1-10(2-4-11)7-19-6-5-12-13(8-19)17-9-18-14(12)16/h1-4,9H,5-8H2,(H2,16,17,18). The van der Waals surface area contributed by atoms with E-state index in [1.165, 1.54) is 5.56 Å². The van der Waals surface area contributed by atoms with Gasteiger partial charge in [0, 0.05) is 29.7 Å². The number of hydrogen-bond donors (Lipinski definition) is 1. The normalized spacial score (nSPS) is 15.2. The number of hydrogen-bond acceptors (Lipinski definition) is 4. The van der Waals surface area contributed by atoms with E-state index in [0.717, 1.165) is 41.8 Å².